The van der Waals surface area contributed by atoms with Gasteiger partial charge in [-0.3, -0.25) is 14.5 Å². The molecule has 0 unspecified atom stereocenters. The summed E-state index contributed by atoms with van der Waals surface area (Å²) in [5, 5.41) is 12.3. The highest BCUT2D eigenvalue weighted by molar-refractivity contribution is 5.88. The molecule has 1 aliphatic rings. The number of anilines is 1. The Bertz CT molecular complexity index is 784. The summed E-state index contributed by atoms with van der Waals surface area (Å²) in [4.78, 5) is 28.7. The van der Waals surface area contributed by atoms with Crippen LogP contribution in [0.3, 0.4) is 0 Å². The number of hydrogen-bond acceptors (Lipinski definition) is 5. The lowest BCUT2D eigenvalue weighted by Gasteiger charge is -2.35. The summed E-state index contributed by atoms with van der Waals surface area (Å²) in [5.41, 5.74) is 2.10. The van der Waals surface area contributed by atoms with Crippen LogP contribution in [0.4, 0.5) is 5.69 Å². The minimum atomic E-state index is -0.492. The van der Waals surface area contributed by atoms with Gasteiger partial charge >= 0.3 is 0 Å². The lowest BCUT2D eigenvalue weighted by molar-refractivity contribution is -0.127. The number of amides is 1. The second kappa shape index (κ2) is 9.37. The molecule has 1 heterocycles. The Morgan fingerprint density at radius 1 is 1.00 bits per heavy atom. The van der Waals surface area contributed by atoms with Crippen molar-refractivity contribution in [2.24, 2.45) is 0 Å². The number of carbonyl (C=O) groups excluding carboxylic acids is 2. The van der Waals surface area contributed by atoms with Gasteiger partial charge < -0.3 is 15.3 Å². The van der Waals surface area contributed by atoms with Crippen molar-refractivity contribution in [1.82, 2.24) is 10.2 Å². The van der Waals surface area contributed by atoms with Gasteiger partial charge in [0, 0.05) is 31.9 Å². The highest BCUT2D eigenvalue weighted by Crippen LogP contribution is 2.19. The number of hydrogen-bond donors (Lipinski definition) is 2. The molecule has 0 aliphatic carbocycles. The summed E-state index contributed by atoms with van der Waals surface area (Å²) in [7, 11) is 0. The fraction of sp³-hybridized carbons (Fsp3) is 0.364. The number of ketones is 1. The number of piperazine rings is 1. The number of phenols is 1. The van der Waals surface area contributed by atoms with Crippen LogP contribution in [-0.4, -0.2) is 60.5 Å². The molecule has 148 valence electrons. The third-order valence-corrected chi connectivity index (χ3v) is 5.06. The predicted molar refractivity (Wildman–Crippen MR) is 110 cm³/mol. The van der Waals surface area contributed by atoms with Crippen molar-refractivity contribution in [2.45, 2.75) is 19.4 Å². The first-order valence-electron chi connectivity index (χ1n) is 9.61. The second-order valence-corrected chi connectivity index (χ2v) is 7.20. The van der Waals surface area contributed by atoms with Gasteiger partial charge in [-0.05, 0) is 43.2 Å². The Morgan fingerprint density at radius 3 is 2.25 bits per heavy atom. The zero-order chi connectivity index (χ0) is 19.9. The summed E-state index contributed by atoms with van der Waals surface area (Å²) in [6.07, 6.45) is 0.510. The van der Waals surface area contributed by atoms with Gasteiger partial charge in [0.25, 0.3) is 0 Å². The van der Waals surface area contributed by atoms with Crippen molar-refractivity contribution < 1.29 is 14.7 Å². The van der Waals surface area contributed by atoms with Crippen LogP contribution in [0, 0.1) is 0 Å². The summed E-state index contributed by atoms with van der Waals surface area (Å²) in [6, 6.07) is 16.4. The number of nitrogens with zero attached hydrogens (tertiary/aromatic N) is 2. The number of aromatic hydroxyl groups is 1. The molecule has 1 saturated heterocycles. The Hall–Kier alpha value is -2.86. The molecule has 6 nitrogen and oxygen atoms in total. The molecule has 0 bridgehead atoms. The highest BCUT2D eigenvalue weighted by atomic mass is 16.3. The lowest BCUT2D eigenvalue weighted by Crippen LogP contribution is -2.51. The van der Waals surface area contributed by atoms with E-state index in [-0.39, 0.29) is 17.4 Å². The van der Waals surface area contributed by atoms with Gasteiger partial charge in [0.05, 0.1) is 12.6 Å². The monoisotopic (exact) mass is 381 g/mol. The predicted octanol–water partition coefficient (Wildman–Crippen LogP) is 1.83. The largest absolute Gasteiger partial charge is 0.508 e. The fourth-order valence-electron chi connectivity index (χ4n) is 3.42. The van der Waals surface area contributed by atoms with E-state index in [1.807, 2.05) is 42.5 Å². The van der Waals surface area contributed by atoms with Gasteiger partial charge in [-0.1, -0.05) is 30.3 Å². The van der Waals surface area contributed by atoms with Gasteiger partial charge in [0.1, 0.15) is 5.75 Å². The van der Waals surface area contributed by atoms with E-state index in [1.54, 1.807) is 12.1 Å². The average molecular weight is 381 g/mol. The fourth-order valence-corrected chi connectivity index (χ4v) is 3.42. The molecule has 28 heavy (non-hydrogen) atoms. The first-order valence-corrected chi connectivity index (χ1v) is 9.61. The zero-order valence-electron chi connectivity index (χ0n) is 16.2. The number of phenolic OH excluding ortho intramolecular Hbond substituents is 1. The van der Waals surface area contributed by atoms with Crippen molar-refractivity contribution in [1.29, 1.82) is 0 Å². The first-order chi connectivity index (χ1) is 13.5. The normalized spacial score (nSPS) is 15.8. The quantitative estimate of drug-likeness (QED) is 0.766. The van der Waals surface area contributed by atoms with E-state index in [2.05, 4.69) is 15.1 Å². The van der Waals surface area contributed by atoms with Crippen LogP contribution in [0.5, 0.6) is 5.75 Å². The van der Waals surface area contributed by atoms with E-state index in [1.165, 1.54) is 6.92 Å². The van der Waals surface area contributed by atoms with Crippen LogP contribution < -0.4 is 10.2 Å². The summed E-state index contributed by atoms with van der Waals surface area (Å²) in [6.45, 7) is 5.00. The third kappa shape index (κ3) is 5.57. The standard InChI is InChI=1S/C22H27N3O3/c1-17(26)21(15-18-5-3-2-4-6-18)23-22(28)16-24-11-13-25(14-12-24)19-7-9-20(27)10-8-19/h2-10,21,27H,11-16H2,1H3,(H,23,28)/t21-/m0/s1. The van der Waals surface area contributed by atoms with E-state index in [9.17, 15) is 14.7 Å². The number of nitrogens with one attached hydrogen (secondary N) is 1. The topological polar surface area (TPSA) is 72.9 Å². The summed E-state index contributed by atoms with van der Waals surface area (Å²) in [5.74, 6) is 0.109. The molecule has 0 aromatic heterocycles. The minimum Gasteiger partial charge on any atom is -0.508 e. The molecular formula is C22H27N3O3. The summed E-state index contributed by atoms with van der Waals surface area (Å²) >= 11 is 0. The molecule has 1 amide bonds. The van der Waals surface area contributed by atoms with E-state index in [0.29, 0.717) is 13.0 Å². The maximum absolute atomic E-state index is 12.5. The molecule has 2 aromatic rings. The van der Waals surface area contributed by atoms with Crippen molar-refractivity contribution in [3.63, 3.8) is 0 Å². The number of Topliss-reactive ketones (excluding diaryl/α,β-unsaturated/α-hetero) is 1. The van der Waals surface area contributed by atoms with Crippen LogP contribution in [0.25, 0.3) is 0 Å². The first kappa shape index (κ1) is 19.9. The number of carbonyl (C=O) groups is 2. The zero-order valence-corrected chi connectivity index (χ0v) is 16.2. The van der Waals surface area contributed by atoms with E-state index in [0.717, 1.165) is 37.4 Å². The summed E-state index contributed by atoms with van der Waals surface area (Å²) < 4.78 is 0. The van der Waals surface area contributed by atoms with E-state index in [4.69, 9.17) is 0 Å². The van der Waals surface area contributed by atoms with E-state index < -0.39 is 6.04 Å². The molecular weight excluding hydrogens is 354 g/mol. The molecule has 3 rings (SSSR count). The van der Waals surface area contributed by atoms with Crippen molar-refractivity contribution in [3.8, 4) is 5.75 Å². The molecule has 1 aliphatic heterocycles. The Balaban J connectivity index is 1.48. The molecule has 0 saturated carbocycles. The maximum atomic E-state index is 12.5. The molecule has 6 heteroatoms. The smallest absolute Gasteiger partial charge is 0.234 e. The van der Waals surface area contributed by atoms with Crippen LogP contribution in [0.2, 0.25) is 0 Å². The van der Waals surface area contributed by atoms with Crippen molar-refractivity contribution >= 4 is 17.4 Å². The molecule has 2 N–H and O–H groups in total. The van der Waals surface area contributed by atoms with Crippen LogP contribution in [0.1, 0.15) is 12.5 Å². The Morgan fingerprint density at radius 2 is 1.64 bits per heavy atom. The molecule has 2 aromatic carbocycles. The Labute approximate surface area is 165 Å². The molecule has 1 fully saturated rings. The lowest BCUT2D eigenvalue weighted by atomic mass is 10.0. The number of rotatable bonds is 7. The average Bonchev–Trinajstić information content (AvgIpc) is 2.69. The van der Waals surface area contributed by atoms with Gasteiger partial charge in [-0.15, -0.1) is 0 Å². The van der Waals surface area contributed by atoms with Gasteiger partial charge in [0.15, 0.2) is 5.78 Å². The third-order valence-electron chi connectivity index (χ3n) is 5.06. The van der Waals surface area contributed by atoms with E-state index >= 15 is 0 Å². The van der Waals surface area contributed by atoms with Crippen molar-refractivity contribution in [2.75, 3.05) is 37.6 Å². The SMILES string of the molecule is CC(=O)[C@H](Cc1ccccc1)NC(=O)CN1CCN(c2ccc(O)cc2)CC1. The molecule has 0 radical (unpaired) electrons. The number of benzene rings is 2. The van der Waals surface area contributed by atoms with Crippen molar-refractivity contribution in [3.05, 3.63) is 60.2 Å². The van der Waals surface area contributed by atoms with Crippen LogP contribution in [0.15, 0.2) is 54.6 Å². The minimum absolute atomic E-state index is 0.0330. The van der Waals surface area contributed by atoms with Gasteiger partial charge in [-0.2, -0.15) is 0 Å². The van der Waals surface area contributed by atoms with Gasteiger partial charge in [0.2, 0.25) is 5.91 Å². The molecule has 1 atom stereocenters. The Kier molecular flexibility index (Phi) is 6.66. The highest BCUT2D eigenvalue weighted by Gasteiger charge is 2.22. The molecule has 0 spiro atoms. The van der Waals surface area contributed by atoms with Gasteiger partial charge in [-0.25, -0.2) is 0 Å². The van der Waals surface area contributed by atoms with Crippen LogP contribution >= 0.6 is 0 Å². The van der Waals surface area contributed by atoms with Crippen LogP contribution in [-0.2, 0) is 16.0 Å². The maximum Gasteiger partial charge on any atom is 0.234 e. The second-order valence-electron chi connectivity index (χ2n) is 7.20.